The Balaban J connectivity index is 1.80. The van der Waals surface area contributed by atoms with Crippen LogP contribution in [0.15, 0.2) is 54.6 Å². The van der Waals surface area contributed by atoms with Crippen LogP contribution in [0, 0.1) is 0 Å². The van der Waals surface area contributed by atoms with E-state index in [0.717, 1.165) is 24.0 Å². The van der Waals surface area contributed by atoms with Crippen LogP contribution in [-0.2, 0) is 11.2 Å². The zero-order chi connectivity index (χ0) is 13.9. The molecule has 0 saturated carbocycles. The summed E-state index contributed by atoms with van der Waals surface area (Å²) < 4.78 is 0. The van der Waals surface area contributed by atoms with E-state index in [4.69, 9.17) is 5.73 Å². The van der Waals surface area contributed by atoms with Gasteiger partial charge < -0.3 is 11.1 Å². The molecule has 1 aliphatic rings. The lowest BCUT2D eigenvalue weighted by molar-refractivity contribution is -0.123. The van der Waals surface area contributed by atoms with Crippen molar-refractivity contribution in [3.8, 4) is 0 Å². The molecular formula is C17H18N2O. The second kappa shape index (κ2) is 5.47. The molecule has 20 heavy (non-hydrogen) atoms. The van der Waals surface area contributed by atoms with E-state index in [1.54, 1.807) is 0 Å². The largest absolute Gasteiger partial charge is 0.348 e. The van der Waals surface area contributed by atoms with Gasteiger partial charge in [-0.2, -0.15) is 0 Å². The second-order valence-corrected chi connectivity index (χ2v) is 5.19. The Morgan fingerprint density at radius 1 is 0.950 bits per heavy atom. The molecule has 102 valence electrons. The minimum Gasteiger partial charge on any atom is -0.348 e. The molecule has 0 bridgehead atoms. The molecule has 1 heterocycles. The first-order valence-electron chi connectivity index (χ1n) is 6.94. The van der Waals surface area contributed by atoms with Crippen molar-refractivity contribution in [2.45, 2.75) is 24.9 Å². The normalized spacial score (nSPS) is 21.1. The monoisotopic (exact) mass is 266 g/mol. The van der Waals surface area contributed by atoms with Crippen LogP contribution in [0.3, 0.4) is 0 Å². The molecule has 0 spiro atoms. The van der Waals surface area contributed by atoms with Crippen LogP contribution in [0.1, 0.15) is 35.2 Å². The molecule has 1 aliphatic heterocycles. The van der Waals surface area contributed by atoms with Crippen molar-refractivity contribution in [2.24, 2.45) is 5.73 Å². The number of fused-ring (bicyclic) bond motifs is 1. The average molecular weight is 266 g/mol. The topological polar surface area (TPSA) is 55.1 Å². The summed E-state index contributed by atoms with van der Waals surface area (Å²) in [5.74, 6) is -0.0817. The highest BCUT2D eigenvalue weighted by Crippen LogP contribution is 2.30. The molecule has 3 N–H and O–H groups in total. The predicted molar refractivity (Wildman–Crippen MR) is 79.0 cm³/mol. The molecule has 2 unspecified atom stereocenters. The van der Waals surface area contributed by atoms with E-state index in [1.165, 1.54) is 5.56 Å². The summed E-state index contributed by atoms with van der Waals surface area (Å²) in [6.45, 7) is 0. The quantitative estimate of drug-likeness (QED) is 0.896. The summed E-state index contributed by atoms with van der Waals surface area (Å²) in [6.07, 6.45) is 1.83. The van der Waals surface area contributed by atoms with Crippen molar-refractivity contribution < 1.29 is 4.79 Å². The van der Waals surface area contributed by atoms with Crippen molar-refractivity contribution in [1.82, 2.24) is 5.32 Å². The lowest BCUT2D eigenvalue weighted by atomic mass is 9.88. The molecule has 2 aromatic rings. The lowest BCUT2D eigenvalue weighted by Gasteiger charge is -2.30. The van der Waals surface area contributed by atoms with E-state index < -0.39 is 6.04 Å². The summed E-state index contributed by atoms with van der Waals surface area (Å²) in [6, 6.07) is 17.8. The third kappa shape index (κ3) is 2.45. The van der Waals surface area contributed by atoms with Crippen molar-refractivity contribution in [3.05, 3.63) is 71.3 Å². The van der Waals surface area contributed by atoms with Crippen molar-refractivity contribution in [1.29, 1.82) is 0 Å². The van der Waals surface area contributed by atoms with Gasteiger partial charge in [-0.1, -0.05) is 54.6 Å². The number of benzene rings is 2. The van der Waals surface area contributed by atoms with Gasteiger partial charge in [0.1, 0.15) is 6.04 Å². The highest BCUT2D eigenvalue weighted by Gasteiger charge is 2.29. The van der Waals surface area contributed by atoms with Crippen LogP contribution < -0.4 is 11.1 Å². The van der Waals surface area contributed by atoms with Crippen LogP contribution in [0.5, 0.6) is 0 Å². The molecule has 0 aliphatic carbocycles. The lowest BCUT2D eigenvalue weighted by Crippen LogP contribution is -2.42. The van der Waals surface area contributed by atoms with E-state index in [1.807, 2.05) is 36.4 Å². The molecule has 2 atom stereocenters. The van der Waals surface area contributed by atoms with Gasteiger partial charge in [-0.3, -0.25) is 4.79 Å². The zero-order valence-corrected chi connectivity index (χ0v) is 11.3. The second-order valence-electron chi connectivity index (χ2n) is 5.19. The third-order valence-electron chi connectivity index (χ3n) is 3.87. The first-order chi connectivity index (χ1) is 9.75. The zero-order valence-electron chi connectivity index (χ0n) is 11.3. The van der Waals surface area contributed by atoms with Crippen molar-refractivity contribution in [2.75, 3.05) is 0 Å². The molecule has 1 amide bonds. The van der Waals surface area contributed by atoms with E-state index in [9.17, 15) is 4.79 Å². The molecule has 3 heteroatoms. The number of carbonyl (C=O) groups is 1. The first-order valence-corrected chi connectivity index (χ1v) is 6.94. The van der Waals surface area contributed by atoms with Gasteiger partial charge in [-0.05, 0) is 29.5 Å². The predicted octanol–water partition coefficient (Wildman–Crippen LogP) is 2.49. The van der Waals surface area contributed by atoms with E-state index in [0.29, 0.717) is 0 Å². The molecular weight excluding hydrogens is 248 g/mol. The highest BCUT2D eigenvalue weighted by atomic mass is 16.2. The molecule has 2 aromatic carbocycles. The molecule has 0 saturated heterocycles. The molecule has 0 aromatic heterocycles. The van der Waals surface area contributed by atoms with Gasteiger partial charge in [-0.15, -0.1) is 0 Å². The number of nitrogens with one attached hydrogen (secondary N) is 1. The Hall–Kier alpha value is -2.13. The smallest absolute Gasteiger partial charge is 0.242 e. The molecule has 3 rings (SSSR count). The molecule has 3 nitrogen and oxygen atoms in total. The van der Waals surface area contributed by atoms with E-state index in [2.05, 4.69) is 23.5 Å². The summed E-state index contributed by atoms with van der Waals surface area (Å²) in [4.78, 5) is 11.9. The summed E-state index contributed by atoms with van der Waals surface area (Å²) in [5, 5.41) is 3.03. The van der Waals surface area contributed by atoms with E-state index in [-0.39, 0.29) is 11.9 Å². The third-order valence-corrected chi connectivity index (χ3v) is 3.87. The van der Waals surface area contributed by atoms with E-state index >= 15 is 0 Å². The maximum absolute atomic E-state index is 11.9. The van der Waals surface area contributed by atoms with Crippen molar-refractivity contribution >= 4 is 5.91 Å². The summed E-state index contributed by atoms with van der Waals surface area (Å²) in [7, 11) is 0. The maximum atomic E-state index is 11.9. The summed E-state index contributed by atoms with van der Waals surface area (Å²) in [5.41, 5.74) is 9.34. The van der Waals surface area contributed by atoms with Gasteiger partial charge in [0.2, 0.25) is 5.91 Å². The Kier molecular flexibility index (Phi) is 3.52. The minimum absolute atomic E-state index is 0.0544. The minimum atomic E-state index is -0.542. The standard InChI is InChI=1S/C17H18N2O/c18-16-14-9-5-4-8-13(14)15(19-17(16)20)11-10-12-6-2-1-3-7-12/h1-9,15-16H,10-11,18H2,(H,19,20). The molecule has 0 fully saturated rings. The molecule has 0 radical (unpaired) electrons. The Bertz CT molecular complexity index is 609. The Labute approximate surface area is 118 Å². The fraction of sp³-hybridized carbons (Fsp3) is 0.235. The van der Waals surface area contributed by atoms with Gasteiger partial charge in [0.05, 0.1) is 6.04 Å². The maximum Gasteiger partial charge on any atom is 0.242 e. The SMILES string of the molecule is NC1C(=O)NC(CCc2ccccc2)c2ccccc21. The fourth-order valence-corrected chi connectivity index (χ4v) is 2.78. The first kappa shape index (κ1) is 12.9. The number of amides is 1. The Morgan fingerprint density at radius 3 is 2.35 bits per heavy atom. The van der Waals surface area contributed by atoms with Gasteiger partial charge in [-0.25, -0.2) is 0 Å². The number of hydrogen-bond acceptors (Lipinski definition) is 2. The highest BCUT2D eigenvalue weighted by molar-refractivity contribution is 5.85. The fourth-order valence-electron chi connectivity index (χ4n) is 2.78. The van der Waals surface area contributed by atoms with Gasteiger partial charge in [0.15, 0.2) is 0 Å². The van der Waals surface area contributed by atoms with Crippen LogP contribution in [0.2, 0.25) is 0 Å². The van der Waals surface area contributed by atoms with Gasteiger partial charge >= 0.3 is 0 Å². The van der Waals surface area contributed by atoms with Crippen LogP contribution in [-0.4, -0.2) is 5.91 Å². The number of carbonyl (C=O) groups excluding carboxylic acids is 1. The number of aryl methyl sites for hydroxylation is 1. The average Bonchev–Trinajstić information content (AvgIpc) is 2.50. The number of rotatable bonds is 3. The van der Waals surface area contributed by atoms with Crippen LogP contribution in [0.25, 0.3) is 0 Å². The number of hydrogen-bond donors (Lipinski definition) is 2. The van der Waals surface area contributed by atoms with Crippen LogP contribution >= 0.6 is 0 Å². The van der Waals surface area contributed by atoms with Gasteiger partial charge in [0.25, 0.3) is 0 Å². The summed E-state index contributed by atoms with van der Waals surface area (Å²) >= 11 is 0. The number of nitrogens with two attached hydrogens (primary N) is 1. The van der Waals surface area contributed by atoms with Gasteiger partial charge in [0, 0.05) is 0 Å². The van der Waals surface area contributed by atoms with Crippen LogP contribution in [0.4, 0.5) is 0 Å². The van der Waals surface area contributed by atoms with Crippen molar-refractivity contribution in [3.63, 3.8) is 0 Å². The Morgan fingerprint density at radius 2 is 1.60 bits per heavy atom.